The monoisotopic (exact) mass is 435 g/mol. The van der Waals surface area contributed by atoms with E-state index in [1.165, 1.54) is 4.88 Å². The van der Waals surface area contributed by atoms with Crippen molar-refractivity contribution in [3.63, 3.8) is 0 Å². The first-order valence-electron chi connectivity index (χ1n) is 10.5. The molecular weight excluding hydrogens is 414 g/mol. The Morgan fingerprint density at radius 2 is 1.41 bits per heavy atom. The quantitative estimate of drug-likeness (QED) is 0.356. The van der Waals surface area contributed by atoms with E-state index in [1.54, 1.807) is 11.3 Å². The normalized spacial score (nSPS) is 10.9. The summed E-state index contributed by atoms with van der Waals surface area (Å²) in [6, 6.07) is 29.7. The molecule has 4 nitrogen and oxygen atoms in total. The van der Waals surface area contributed by atoms with E-state index in [2.05, 4.69) is 11.4 Å². The van der Waals surface area contributed by atoms with Crippen LogP contribution in [0.25, 0.3) is 33.5 Å². The second-order valence-electron chi connectivity index (χ2n) is 7.44. The summed E-state index contributed by atoms with van der Waals surface area (Å²) in [5.41, 5.74) is 5.69. The Labute approximate surface area is 190 Å². The summed E-state index contributed by atoms with van der Waals surface area (Å²) in [4.78, 5) is 23.8. The van der Waals surface area contributed by atoms with Gasteiger partial charge in [0.25, 0.3) is 5.91 Å². The molecule has 3 aromatic carbocycles. The molecule has 5 aromatic rings. The number of nitrogens with one attached hydrogen (secondary N) is 1. The van der Waals surface area contributed by atoms with Crippen LogP contribution < -0.4 is 5.32 Å². The van der Waals surface area contributed by atoms with Crippen molar-refractivity contribution in [2.45, 2.75) is 6.42 Å². The standard InChI is InChI=1S/C27H21N3OS/c31-27(28-16-15-22-12-7-17-32-22)21-13-14-23-24(18-21)30-26(20-10-5-2-6-11-20)25(29-23)19-8-3-1-4-9-19/h1-14,17-18H,15-16H2,(H,28,31). The van der Waals surface area contributed by atoms with Crippen molar-refractivity contribution in [2.75, 3.05) is 6.54 Å². The summed E-state index contributed by atoms with van der Waals surface area (Å²) in [7, 11) is 0. The molecule has 0 radical (unpaired) electrons. The minimum Gasteiger partial charge on any atom is -0.352 e. The van der Waals surface area contributed by atoms with Crippen molar-refractivity contribution in [1.29, 1.82) is 0 Å². The predicted molar refractivity (Wildman–Crippen MR) is 131 cm³/mol. The maximum absolute atomic E-state index is 12.7. The number of carbonyl (C=O) groups is 1. The van der Waals surface area contributed by atoms with Crippen LogP contribution in [0.2, 0.25) is 0 Å². The van der Waals surface area contributed by atoms with E-state index in [-0.39, 0.29) is 5.91 Å². The van der Waals surface area contributed by atoms with Crippen molar-refractivity contribution in [2.24, 2.45) is 0 Å². The maximum atomic E-state index is 12.7. The van der Waals surface area contributed by atoms with Gasteiger partial charge in [0.1, 0.15) is 0 Å². The Balaban J connectivity index is 1.49. The van der Waals surface area contributed by atoms with Crippen LogP contribution in [0.5, 0.6) is 0 Å². The lowest BCUT2D eigenvalue weighted by Crippen LogP contribution is -2.25. The molecule has 1 amide bonds. The number of amides is 1. The van der Waals surface area contributed by atoms with Crippen LogP contribution in [0.3, 0.4) is 0 Å². The number of fused-ring (bicyclic) bond motifs is 1. The summed E-state index contributed by atoms with van der Waals surface area (Å²) in [6.07, 6.45) is 0.829. The average molecular weight is 436 g/mol. The molecule has 0 aliphatic rings. The molecule has 156 valence electrons. The minimum atomic E-state index is -0.0985. The number of nitrogens with zero attached hydrogens (tertiary/aromatic N) is 2. The fraction of sp³-hybridized carbons (Fsp3) is 0.0741. The molecule has 0 saturated heterocycles. The number of benzene rings is 3. The summed E-state index contributed by atoms with van der Waals surface area (Å²) in [6.45, 7) is 0.602. The van der Waals surface area contributed by atoms with Gasteiger partial charge in [-0.1, -0.05) is 66.7 Å². The van der Waals surface area contributed by atoms with Crippen LogP contribution in [0.4, 0.5) is 0 Å². The third-order valence-electron chi connectivity index (χ3n) is 5.26. The van der Waals surface area contributed by atoms with Gasteiger partial charge in [0.15, 0.2) is 0 Å². The number of rotatable bonds is 6. The Morgan fingerprint density at radius 1 is 0.750 bits per heavy atom. The highest BCUT2D eigenvalue weighted by atomic mass is 32.1. The summed E-state index contributed by atoms with van der Waals surface area (Å²) in [5, 5.41) is 5.05. The van der Waals surface area contributed by atoms with Gasteiger partial charge in [-0.05, 0) is 36.1 Å². The van der Waals surface area contributed by atoms with Gasteiger partial charge >= 0.3 is 0 Å². The molecule has 2 aromatic heterocycles. The molecule has 2 heterocycles. The first kappa shape index (κ1) is 20.1. The van der Waals surface area contributed by atoms with E-state index in [1.807, 2.05) is 90.3 Å². The van der Waals surface area contributed by atoms with Gasteiger partial charge in [0.05, 0.1) is 22.4 Å². The Morgan fingerprint density at radius 3 is 2.03 bits per heavy atom. The summed E-state index contributed by atoms with van der Waals surface area (Å²) < 4.78 is 0. The van der Waals surface area contributed by atoms with Gasteiger partial charge in [-0.15, -0.1) is 11.3 Å². The molecule has 32 heavy (non-hydrogen) atoms. The van der Waals surface area contributed by atoms with Gasteiger partial charge in [-0.3, -0.25) is 4.79 Å². The van der Waals surface area contributed by atoms with Crippen molar-refractivity contribution in [1.82, 2.24) is 15.3 Å². The Kier molecular flexibility index (Phi) is 5.73. The SMILES string of the molecule is O=C(NCCc1cccs1)c1ccc2nc(-c3ccccc3)c(-c3ccccc3)nc2c1. The first-order valence-corrected chi connectivity index (χ1v) is 11.4. The van der Waals surface area contributed by atoms with Gasteiger partial charge in [-0.2, -0.15) is 0 Å². The fourth-order valence-corrected chi connectivity index (χ4v) is 4.36. The lowest BCUT2D eigenvalue weighted by molar-refractivity contribution is 0.0954. The van der Waals surface area contributed by atoms with Gasteiger partial charge in [0, 0.05) is 28.1 Å². The van der Waals surface area contributed by atoms with E-state index in [0.29, 0.717) is 17.6 Å². The zero-order valence-electron chi connectivity index (χ0n) is 17.4. The van der Waals surface area contributed by atoms with Crippen molar-refractivity contribution >= 4 is 28.3 Å². The zero-order chi connectivity index (χ0) is 21.8. The molecular formula is C27H21N3OS. The van der Waals surface area contributed by atoms with E-state index in [9.17, 15) is 4.79 Å². The molecule has 0 aliphatic carbocycles. The zero-order valence-corrected chi connectivity index (χ0v) is 18.2. The van der Waals surface area contributed by atoms with Crippen LogP contribution in [-0.2, 0) is 6.42 Å². The predicted octanol–water partition coefficient (Wildman–Crippen LogP) is 6.00. The summed E-state index contributed by atoms with van der Waals surface area (Å²) >= 11 is 1.70. The molecule has 1 N–H and O–H groups in total. The molecule has 5 rings (SSSR count). The minimum absolute atomic E-state index is 0.0985. The number of hydrogen-bond donors (Lipinski definition) is 1. The van der Waals surface area contributed by atoms with Crippen LogP contribution in [0.15, 0.2) is 96.4 Å². The third-order valence-corrected chi connectivity index (χ3v) is 6.19. The van der Waals surface area contributed by atoms with Gasteiger partial charge in [0.2, 0.25) is 0 Å². The lowest BCUT2D eigenvalue weighted by atomic mass is 10.0. The molecule has 0 atom stereocenters. The van der Waals surface area contributed by atoms with E-state index < -0.39 is 0 Å². The largest absolute Gasteiger partial charge is 0.352 e. The molecule has 0 aliphatic heterocycles. The van der Waals surface area contributed by atoms with Crippen molar-refractivity contribution < 1.29 is 4.79 Å². The molecule has 0 saturated carbocycles. The first-order chi connectivity index (χ1) is 15.8. The van der Waals surface area contributed by atoms with Gasteiger partial charge in [-0.25, -0.2) is 9.97 Å². The molecule has 0 bridgehead atoms. The second-order valence-corrected chi connectivity index (χ2v) is 8.47. The average Bonchev–Trinajstić information content (AvgIpc) is 3.37. The molecule has 5 heteroatoms. The maximum Gasteiger partial charge on any atom is 0.251 e. The fourth-order valence-electron chi connectivity index (χ4n) is 3.65. The van der Waals surface area contributed by atoms with Crippen LogP contribution >= 0.6 is 11.3 Å². The van der Waals surface area contributed by atoms with Crippen molar-refractivity contribution in [3.05, 3.63) is 107 Å². The van der Waals surface area contributed by atoms with Gasteiger partial charge < -0.3 is 5.32 Å². The number of thiophene rings is 1. The summed E-state index contributed by atoms with van der Waals surface area (Å²) in [5.74, 6) is -0.0985. The second kappa shape index (κ2) is 9.12. The molecule has 0 spiro atoms. The highest BCUT2D eigenvalue weighted by Crippen LogP contribution is 2.31. The van der Waals surface area contributed by atoms with Crippen LogP contribution in [0, 0.1) is 0 Å². The Bertz CT molecular complexity index is 1350. The molecule has 0 unspecified atom stereocenters. The highest BCUT2D eigenvalue weighted by molar-refractivity contribution is 7.09. The number of hydrogen-bond acceptors (Lipinski definition) is 4. The number of aromatic nitrogens is 2. The smallest absolute Gasteiger partial charge is 0.251 e. The highest BCUT2D eigenvalue weighted by Gasteiger charge is 2.14. The third kappa shape index (κ3) is 4.29. The number of carbonyl (C=O) groups excluding carboxylic acids is 1. The topological polar surface area (TPSA) is 54.9 Å². The van der Waals surface area contributed by atoms with E-state index in [0.717, 1.165) is 34.5 Å². The Hall–Kier alpha value is -3.83. The van der Waals surface area contributed by atoms with Crippen molar-refractivity contribution in [3.8, 4) is 22.5 Å². The van der Waals surface area contributed by atoms with E-state index >= 15 is 0 Å². The van der Waals surface area contributed by atoms with E-state index in [4.69, 9.17) is 9.97 Å². The molecule has 0 fully saturated rings. The van der Waals surface area contributed by atoms with Crippen LogP contribution in [-0.4, -0.2) is 22.4 Å². The van der Waals surface area contributed by atoms with Crippen LogP contribution in [0.1, 0.15) is 15.2 Å². The lowest BCUT2D eigenvalue weighted by Gasteiger charge is -2.11.